The van der Waals surface area contributed by atoms with Gasteiger partial charge in [0.1, 0.15) is 11.6 Å². The van der Waals surface area contributed by atoms with E-state index in [-0.39, 0.29) is 23.7 Å². The number of Topliss-reactive ketones (excluding diaryl/α,β-unsaturated/α-hetero) is 1. The smallest absolute Gasteiger partial charge is 0.295 e. The van der Waals surface area contributed by atoms with Crippen molar-refractivity contribution in [1.82, 2.24) is 4.90 Å². The molecule has 0 aliphatic carbocycles. The molecule has 6 heteroatoms. The number of aliphatic hydroxyl groups excluding tert-OH is 1. The van der Waals surface area contributed by atoms with Crippen LogP contribution in [-0.2, 0) is 22.6 Å². The van der Waals surface area contributed by atoms with Gasteiger partial charge in [-0.15, -0.1) is 11.3 Å². The standard InChI is InChI=1S/C24H20FNO3S/c1-2-15-5-9-17(10-6-15)22(27)20-21(19-4-3-13-30-19)26(24(29)23(20)28)14-16-7-11-18(25)12-8-16/h3-13,21,27H,2,14H2,1H3/b22-20-. The van der Waals surface area contributed by atoms with Crippen LogP contribution < -0.4 is 0 Å². The highest BCUT2D eigenvalue weighted by atomic mass is 32.1. The first-order valence-corrected chi connectivity index (χ1v) is 10.5. The molecule has 2 heterocycles. The van der Waals surface area contributed by atoms with Crippen LogP contribution in [0.15, 0.2) is 71.6 Å². The lowest BCUT2D eigenvalue weighted by Crippen LogP contribution is -2.28. The van der Waals surface area contributed by atoms with Gasteiger partial charge >= 0.3 is 0 Å². The topological polar surface area (TPSA) is 57.6 Å². The molecule has 1 atom stereocenters. The third-order valence-corrected chi connectivity index (χ3v) is 6.18. The number of rotatable bonds is 5. The summed E-state index contributed by atoms with van der Waals surface area (Å²) < 4.78 is 13.3. The molecular weight excluding hydrogens is 401 g/mol. The number of amides is 1. The molecule has 1 aromatic heterocycles. The minimum absolute atomic E-state index is 0.0776. The van der Waals surface area contributed by atoms with Crippen molar-refractivity contribution in [3.05, 3.63) is 99.0 Å². The van der Waals surface area contributed by atoms with Gasteiger partial charge in [-0.05, 0) is 41.1 Å². The second-order valence-corrected chi connectivity index (χ2v) is 8.10. The number of nitrogens with zero attached hydrogens (tertiary/aromatic N) is 1. The van der Waals surface area contributed by atoms with E-state index < -0.39 is 17.7 Å². The van der Waals surface area contributed by atoms with E-state index in [0.29, 0.717) is 11.1 Å². The Labute approximate surface area is 177 Å². The molecule has 0 radical (unpaired) electrons. The summed E-state index contributed by atoms with van der Waals surface area (Å²) in [7, 11) is 0. The van der Waals surface area contributed by atoms with E-state index in [1.807, 2.05) is 36.6 Å². The summed E-state index contributed by atoms with van der Waals surface area (Å²) in [6.07, 6.45) is 0.859. The first-order chi connectivity index (χ1) is 14.5. The number of benzene rings is 2. The van der Waals surface area contributed by atoms with Crippen molar-refractivity contribution in [2.75, 3.05) is 0 Å². The van der Waals surface area contributed by atoms with Gasteiger partial charge in [0.05, 0.1) is 11.6 Å². The maximum atomic E-state index is 13.3. The lowest BCUT2D eigenvalue weighted by Gasteiger charge is -2.24. The first-order valence-electron chi connectivity index (χ1n) is 9.65. The molecule has 152 valence electrons. The normalized spacial score (nSPS) is 18.2. The van der Waals surface area contributed by atoms with Crippen LogP contribution in [0, 0.1) is 5.82 Å². The van der Waals surface area contributed by atoms with Gasteiger partial charge in [0.25, 0.3) is 11.7 Å². The van der Waals surface area contributed by atoms with E-state index in [9.17, 15) is 19.1 Å². The van der Waals surface area contributed by atoms with Crippen molar-refractivity contribution in [2.45, 2.75) is 25.9 Å². The number of likely N-dealkylation sites (tertiary alicyclic amines) is 1. The van der Waals surface area contributed by atoms with Crippen LogP contribution in [0.2, 0.25) is 0 Å². The average Bonchev–Trinajstić information content (AvgIpc) is 3.37. The molecule has 30 heavy (non-hydrogen) atoms. The van der Waals surface area contributed by atoms with Gasteiger partial charge in [-0.25, -0.2) is 4.39 Å². The SMILES string of the molecule is CCc1ccc(/C(O)=C2/C(=O)C(=O)N(Cc3ccc(F)cc3)C2c2cccs2)cc1. The Morgan fingerprint density at radius 2 is 1.70 bits per heavy atom. The van der Waals surface area contributed by atoms with Crippen LogP contribution in [0.4, 0.5) is 4.39 Å². The van der Waals surface area contributed by atoms with Crippen LogP contribution in [0.1, 0.15) is 34.5 Å². The van der Waals surface area contributed by atoms with Crippen molar-refractivity contribution in [3.63, 3.8) is 0 Å². The summed E-state index contributed by atoms with van der Waals surface area (Å²) in [5, 5.41) is 12.9. The maximum Gasteiger partial charge on any atom is 0.295 e. The second-order valence-electron chi connectivity index (χ2n) is 7.12. The van der Waals surface area contributed by atoms with Crippen molar-refractivity contribution < 1.29 is 19.1 Å². The van der Waals surface area contributed by atoms with Gasteiger partial charge in [0.15, 0.2) is 0 Å². The Kier molecular flexibility index (Phi) is 5.50. The Hall–Kier alpha value is -3.25. The van der Waals surface area contributed by atoms with Crippen molar-refractivity contribution in [3.8, 4) is 0 Å². The quantitative estimate of drug-likeness (QED) is 0.355. The molecule has 1 N–H and O–H groups in total. The Morgan fingerprint density at radius 3 is 2.30 bits per heavy atom. The number of hydrogen-bond donors (Lipinski definition) is 1. The highest BCUT2D eigenvalue weighted by Gasteiger charge is 2.46. The zero-order valence-electron chi connectivity index (χ0n) is 16.3. The Bertz CT molecular complexity index is 1100. The summed E-state index contributed by atoms with van der Waals surface area (Å²) >= 11 is 1.41. The summed E-state index contributed by atoms with van der Waals surface area (Å²) in [5.41, 5.74) is 2.38. The molecule has 0 saturated carbocycles. The molecule has 2 aromatic carbocycles. The maximum absolute atomic E-state index is 13.3. The number of hydrogen-bond acceptors (Lipinski definition) is 4. The summed E-state index contributed by atoms with van der Waals surface area (Å²) in [6, 6.07) is 16.1. The average molecular weight is 421 g/mol. The highest BCUT2D eigenvalue weighted by molar-refractivity contribution is 7.10. The van der Waals surface area contributed by atoms with Crippen molar-refractivity contribution in [2.24, 2.45) is 0 Å². The molecule has 0 spiro atoms. The van der Waals surface area contributed by atoms with Crippen molar-refractivity contribution in [1.29, 1.82) is 0 Å². The minimum atomic E-state index is -0.715. The minimum Gasteiger partial charge on any atom is -0.507 e. The summed E-state index contributed by atoms with van der Waals surface area (Å²) in [6.45, 7) is 2.17. The van der Waals surface area contributed by atoms with Crippen LogP contribution >= 0.6 is 11.3 Å². The monoisotopic (exact) mass is 421 g/mol. The van der Waals surface area contributed by atoms with Gasteiger partial charge < -0.3 is 10.0 Å². The number of carbonyl (C=O) groups excluding carboxylic acids is 2. The second kappa shape index (κ2) is 8.24. The highest BCUT2D eigenvalue weighted by Crippen LogP contribution is 2.41. The lowest BCUT2D eigenvalue weighted by atomic mass is 9.99. The third kappa shape index (κ3) is 3.66. The molecule has 1 saturated heterocycles. The molecule has 1 amide bonds. The largest absolute Gasteiger partial charge is 0.507 e. The van der Waals surface area contributed by atoms with E-state index in [4.69, 9.17) is 0 Å². The number of aryl methyl sites for hydroxylation is 1. The predicted octanol–water partition coefficient (Wildman–Crippen LogP) is 5.07. The zero-order chi connectivity index (χ0) is 21.3. The summed E-state index contributed by atoms with van der Waals surface area (Å²) in [5.74, 6) is -1.95. The van der Waals surface area contributed by atoms with E-state index in [1.165, 1.54) is 28.4 Å². The zero-order valence-corrected chi connectivity index (χ0v) is 17.2. The van der Waals surface area contributed by atoms with Gasteiger partial charge in [-0.3, -0.25) is 9.59 Å². The molecule has 1 aliphatic heterocycles. The molecule has 1 aliphatic rings. The number of ketones is 1. The van der Waals surface area contributed by atoms with Crippen LogP contribution in [0.5, 0.6) is 0 Å². The van der Waals surface area contributed by atoms with E-state index >= 15 is 0 Å². The summed E-state index contributed by atoms with van der Waals surface area (Å²) in [4.78, 5) is 28.0. The molecule has 3 aromatic rings. The molecule has 1 unspecified atom stereocenters. The van der Waals surface area contributed by atoms with Gasteiger partial charge in [-0.1, -0.05) is 49.4 Å². The number of aliphatic hydroxyl groups is 1. The van der Waals surface area contributed by atoms with Crippen LogP contribution in [0.25, 0.3) is 5.76 Å². The van der Waals surface area contributed by atoms with E-state index in [2.05, 4.69) is 0 Å². The van der Waals surface area contributed by atoms with Crippen LogP contribution in [-0.4, -0.2) is 21.7 Å². The van der Waals surface area contributed by atoms with E-state index in [1.54, 1.807) is 24.3 Å². The third-order valence-electron chi connectivity index (χ3n) is 5.25. The van der Waals surface area contributed by atoms with Gasteiger partial charge in [-0.2, -0.15) is 0 Å². The fraction of sp³-hybridized carbons (Fsp3) is 0.167. The van der Waals surface area contributed by atoms with Crippen molar-refractivity contribution >= 4 is 28.8 Å². The first kappa shape index (κ1) is 20.0. The molecule has 4 nitrogen and oxygen atoms in total. The van der Waals surface area contributed by atoms with Gasteiger partial charge in [0.2, 0.25) is 0 Å². The lowest BCUT2D eigenvalue weighted by molar-refractivity contribution is -0.140. The fourth-order valence-corrected chi connectivity index (χ4v) is 4.47. The number of thiophene rings is 1. The molecule has 0 bridgehead atoms. The molecule has 1 fully saturated rings. The molecule has 4 rings (SSSR count). The van der Waals surface area contributed by atoms with Gasteiger partial charge in [0, 0.05) is 17.0 Å². The predicted molar refractivity (Wildman–Crippen MR) is 114 cm³/mol. The number of carbonyl (C=O) groups is 2. The van der Waals surface area contributed by atoms with Crippen LogP contribution in [0.3, 0.4) is 0 Å². The molecular formula is C24H20FNO3S. The Morgan fingerprint density at radius 1 is 1.03 bits per heavy atom. The Balaban J connectivity index is 1.79. The number of halogens is 1. The van der Waals surface area contributed by atoms with E-state index in [0.717, 1.165) is 16.9 Å². The fourth-order valence-electron chi connectivity index (χ4n) is 3.63.